The minimum absolute atomic E-state index is 0. The first-order chi connectivity index (χ1) is 8.77. The Labute approximate surface area is 128 Å². The Kier molecular flexibility index (Phi) is 11.9. The van der Waals surface area contributed by atoms with E-state index >= 15 is 0 Å². The van der Waals surface area contributed by atoms with Gasteiger partial charge in [-0.2, -0.15) is 11.8 Å². The summed E-state index contributed by atoms with van der Waals surface area (Å²) in [5.41, 5.74) is 5.77. The molecule has 1 saturated carbocycles. The summed E-state index contributed by atoms with van der Waals surface area (Å²) >= 11 is 1.89. The summed E-state index contributed by atoms with van der Waals surface area (Å²) in [7, 11) is 0. The van der Waals surface area contributed by atoms with E-state index in [4.69, 9.17) is 5.73 Å². The molecule has 3 N–H and O–H groups in total. The Hall–Kier alpha value is 0.0700. The van der Waals surface area contributed by atoms with Crippen molar-refractivity contribution >= 4 is 30.1 Å². The molecule has 1 aliphatic carbocycles. The van der Waals surface area contributed by atoms with Crippen LogP contribution in [0.3, 0.4) is 0 Å². The highest BCUT2D eigenvalue weighted by molar-refractivity contribution is 7.99. The van der Waals surface area contributed by atoms with Crippen molar-refractivity contribution in [1.29, 1.82) is 0 Å². The van der Waals surface area contributed by atoms with Gasteiger partial charge in [0.25, 0.3) is 0 Å². The summed E-state index contributed by atoms with van der Waals surface area (Å²) in [6.45, 7) is 2.90. The molecular weight excluding hydrogens is 280 g/mol. The number of hydrogen-bond acceptors (Lipinski definition) is 3. The Bertz CT molecular complexity index is 241. The van der Waals surface area contributed by atoms with Crippen LogP contribution in [0.4, 0.5) is 0 Å². The first kappa shape index (κ1) is 19.1. The molecule has 2 atom stereocenters. The van der Waals surface area contributed by atoms with E-state index < -0.39 is 0 Å². The smallest absolute Gasteiger partial charge is 0.221 e. The standard InChI is InChI=1S/C14H28N2OS.ClH/c1-2-3-9-18-10-8-14(17)16-13-7-5-4-6-12(13)11-15;/h12-13H,2-11,15H2,1H3,(H,16,17);1H. The second-order valence-corrected chi connectivity index (χ2v) is 6.39. The lowest BCUT2D eigenvalue weighted by Gasteiger charge is -2.31. The van der Waals surface area contributed by atoms with Gasteiger partial charge in [0, 0.05) is 18.2 Å². The number of carbonyl (C=O) groups excluding carboxylic acids is 1. The van der Waals surface area contributed by atoms with Gasteiger partial charge in [0.2, 0.25) is 5.91 Å². The van der Waals surface area contributed by atoms with Gasteiger partial charge in [-0.3, -0.25) is 4.79 Å². The van der Waals surface area contributed by atoms with E-state index in [9.17, 15) is 4.79 Å². The van der Waals surface area contributed by atoms with Gasteiger partial charge in [0.05, 0.1) is 0 Å². The molecule has 1 rings (SSSR count). The van der Waals surface area contributed by atoms with Crippen LogP contribution in [0.25, 0.3) is 0 Å². The molecule has 0 saturated heterocycles. The van der Waals surface area contributed by atoms with E-state index in [2.05, 4.69) is 12.2 Å². The highest BCUT2D eigenvalue weighted by Gasteiger charge is 2.24. The highest BCUT2D eigenvalue weighted by Crippen LogP contribution is 2.23. The molecule has 1 aliphatic rings. The van der Waals surface area contributed by atoms with Gasteiger partial charge in [0.15, 0.2) is 0 Å². The van der Waals surface area contributed by atoms with Gasteiger partial charge >= 0.3 is 0 Å². The molecule has 1 amide bonds. The number of amides is 1. The quantitative estimate of drug-likeness (QED) is 0.678. The van der Waals surface area contributed by atoms with Gasteiger partial charge < -0.3 is 11.1 Å². The summed E-state index contributed by atoms with van der Waals surface area (Å²) in [5, 5.41) is 3.18. The van der Waals surface area contributed by atoms with Gasteiger partial charge in [-0.1, -0.05) is 26.2 Å². The van der Waals surface area contributed by atoms with Crippen LogP contribution in [0.1, 0.15) is 51.9 Å². The zero-order chi connectivity index (χ0) is 13.2. The van der Waals surface area contributed by atoms with Crippen molar-refractivity contribution in [3.63, 3.8) is 0 Å². The molecule has 0 aromatic carbocycles. The molecule has 3 nitrogen and oxygen atoms in total. The lowest BCUT2D eigenvalue weighted by atomic mass is 9.84. The summed E-state index contributed by atoms with van der Waals surface area (Å²) in [4.78, 5) is 11.8. The largest absolute Gasteiger partial charge is 0.353 e. The van der Waals surface area contributed by atoms with Gasteiger partial charge in [-0.25, -0.2) is 0 Å². The van der Waals surface area contributed by atoms with Crippen LogP contribution in [0, 0.1) is 5.92 Å². The van der Waals surface area contributed by atoms with Crippen LogP contribution >= 0.6 is 24.2 Å². The van der Waals surface area contributed by atoms with Crippen molar-refractivity contribution in [2.45, 2.75) is 57.9 Å². The number of rotatable bonds is 8. The summed E-state index contributed by atoms with van der Waals surface area (Å²) in [6.07, 6.45) is 7.92. The van der Waals surface area contributed by atoms with Crippen molar-refractivity contribution in [1.82, 2.24) is 5.32 Å². The van der Waals surface area contributed by atoms with Crippen LogP contribution in [-0.2, 0) is 4.79 Å². The number of halogens is 1. The fourth-order valence-electron chi connectivity index (χ4n) is 2.47. The van der Waals surface area contributed by atoms with E-state index in [1.54, 1.807) is 0 Å². The second-order valence-electron chi connectivity index (χ2n) is 5.17. The van der Waals surface area contributed by atoms with Crippen LogP contribution in [0.2, 0.25) is 0 Å². The van der Waals surface area contributed by atoms with Crippen LogP contribution in [0.5, 0.6) is 0 Å². The number of nitrogens with two attached hydrogens (primary N) is 1. The topological polar surface area (TPSA) is 55.1 Å². The molecule has 114 valence electrons. The first-order valence-electron chi connectivity index (χ1n) is 7.35. The summed E-state index contributed by atoms with van der Waals surface area (Å²) in [6, 6.07) is 0.330. The summed E-state index contributed by atoms with van der Waals surface area (Å²) in [5.74, 6) is 2.84. The third-order valence-corrected chi connectivity index (χ3v) is 4.74. The SMILES string of the molecule is CCCCSCCC(=O)NC1CCCCC1CN.Cl. The average molecular weight is 309 g/mol. The third kappa shape index (κ3) is 8.05. The van der Waals surface area contributed by atoms with Gasteiger partial charge in [0.1, 0.15) is 0 Å². The molecule has 0 spiro atoms. The average Bonchev–Trinajstić information content (AvgIpc) is 2.39. The van der Waals surface area contributed by atoms with E-state index in [1.165, 1.54) is 37.9 Å². The Morgan fingerprint density at radius 1 is 1.32 bits per heavy atom. The maximum Gasteiger partial charge on any atom is 0.221 e. The van der Waals surface area contributed by atoms with E-state index in [0.29, 0.717) is 24.9 Å². The molecule has 19 heavy (non-hydrogen) atoms. The number of carbonyl (C=O) groups is 1. The summed E-state index contributed by atoms with van der Waals surface area (Å²) < 4.78 is 0. The van der Waals surface area contributed by atoms with E-state index in [0.717, 1.165) is 12.2 Å². The van der Waals surface area contributed by atoms with E-state index in [-0.39, 0.29) is 18.3 Å². The second kappa shape index (κ2) is 11.9. The number of thioether (sulfide) groups is 1. The Balaban J connectivity index is 0.00000324. The maximum atomic E-state index is 11.8. The number of hydrogen-bond donors (Lipinski definition) is 2. The van der Waals surface area contributed by atoms with E-state index in [1.807, 2.05) is 11.8 Å². The fourth-order valence-corrected chi connectivity index (χ4v) is 3.50. The lowest BCUT2D eigenvalue weighted by Crippen LogP contribution is -2.44. The van der Waals surface area contributed by atoms with Crippen molar-refractivity contribution in [3.05, 3.63) is 0 Å². The van der Waals surface area contributed by atoms with Crippen molar-refractivity contribution in [2.24, 2.45) is 11.7 Å². The molecule has 2 unspecified atom stereocenters. The Morgan fingerprint density at radius 3 is 2.74 bits per heavy atom. The van der Waals surface area contributed by atoms with Crippen LogP contribution in [-0.4, -0.2) is 30.0 Å². The predicted octanol–water partition coefficient (Wildman–Crippen LogP) is 2.97. The molecule has 0 aromatic heterocycles. The van der Waals surface area contributed by atoms with Gasteiger partial charge in [-0.05, 0) is 37.5 Å². The molecule has 0 radical (unpaired) electrons. The van der Waals surface area contributed by atoms with Crippen LogP contribution in [0.15, 0.2) is 0 Å². The zero-order valence-corrected chi connectivity index (χ0v) is 13.7. The Morgan fingerprint density at radius 2 is 2.05 bits per heavy atom. The van der Waals surface area contributed by atoms with Gasteiger partial charge in [-0.15, -0.1) is 12.4 Å². The first-order valence-corrected chi connectivity index (χ1v) is 8.50. The number of unbranched alkanes of at least 4 members (excludes halogenated alkanes) is 1. The molecule has 1 fully saturated rings. The maximum absolute atomic E-state index is 11.8. The number of nitrogens with one attached hydrogen (secondary N) is 1. The van der Waals surface area contributed by atoms with Crippen LogP contribution < -0.4 is 11.1 Å². The molecule has 0 aromatic rings. The zero-order valence-electron chi connectivity index (χ0n) is 12.0. The van der Waals surface area contributed by atoms with Crippen molar-refractivity contribution in [2.75, 3.05) is 18.1 Å². The normalized spacial score (nSPS) is 22.6. The molecular formula is C14H29ClN2OS. The third-order valence-electron chi connectivity index (χ3n) is 3.67. The predicted molar refractivity (Wildman–Crippen MR) is 87.0 cm³/mol. The molecule has 0 aliphatic heterocycles. The van der Waals surface area contributed by atoms with Crippen molar-refractivity contribution in [3.8, 4) is 0 Å². The molecule has 5 heteroatoms. The molecule has 0 bridgehead atoms. The fraction of sp³-hybridized carbons (Fsp3) is 0.929. The highest BCUT2D eigenvalue weighted by atomic mass is 35.5. The minimum Gasteiger partial charge on any atom is -0.353 e. The minimum atomic E-state index is 0. The monoisotopic (exact) mass is 308 g/mol. The molecule has 0 heterocycles. The van der Waals surface area contributed by atoms with Crippen molar-refractivity contribution < 1.29 is 4.79 Å². The lowest BCUT2D eigenvalue weighted by molar-refractivity contribution is -0.121.